The molecular formula is C9H15N5O2. The third-order valence-corrected chi connectivity index (χ3v) is 1.98. The first-order valence-electron chi connectivity index (χ1n) is 4.78. The van der Waals surface area contributed by atoms with E-state index in [1.807, 2.05) is 25.5 Å². The van der Waals surface area contributed by atoms with Crippen molar-refractivity contribution in [3.05, 3.63) is 17.5 Å². The molecule has 0 aliphatic carbocycles. The molecule has 7 nitrogen and oxygen atoms in total. The van der Waals surface area contributed by atoms with Crippen LogP contribution in [-0.4, -0.2) is 28.3 Å². The van der Waals surface area contributed by atoms with Gasteiger partial charge in [-0.1, -0.05) is 0 Å². The van der Waals surface area contributed by atoms with Crippen molar-refractivity contribution in [1.29, 1.82) is 0 Å². The fourth-order valence-electron chi connectivity index (χ4n) is 1.31. The summed E-state index contributed by atoms with van der Waals surface area (Å²) in [5.41, 5.74) is 6.71. The Kier molecular flexibility index (Phi) is 4.01. The van der Waals surface area contributed by atoms with Gasteiger partial charge in [-0.25, -0.2) is 4.79 Å². The highest BCUT2D eigenvalue weighted by Gasteiger charge is 2.05. The van der Waals surface area contributed by atoms with Crippen LogP contribution < -0.4 is 16.4 Å². The van der Waals surface area contributed by atoms with Gasteiger partial charge in [-0.05, 0) is 6.92 Å². The Bertz CT molecular complexity index is 399. The Balaban J connectivity index is 2.33. The van der Waals surface area contributed by atoms with E-state index in [2.05, 4.69) is 10.4 Å². The van der Waals surface area contributed by atoms with Gasteiger partial charge in [-0.2, -0.15) is 5.10 Å². The van der Waals surface area contributed by atoms with Gasteiger partial charge in [0.2, 0.25) is 5.91 Å². The molecule has 0 radical (unpaired) electrons. The summed E-state index contributed by atoms with van der Waals surface area (Å²) in [6, 6.07) is -0.843. The highest BCUT2D eigenvalue weighted by atomic mass is 16.2. The number of aromatic nitrogens is 2. The number of carbonyl (C=O) groups excluding carboxylic acids is 2. The molecule has 1 aromatic rings. The zero-order valence-electron chi connectivity index (χ0n) is 9.28. The van der Waals surface area contributed by atoms with Gasteiger partial charge >= 0.3 is 6.03 Å². The van der Waals surface area contributed by atoms with Gasteiger partial charge in [0.1, 0.15) is 0 Å². The quantitative estimate of drug-likeness (QED) is 0.612. The highest BCUT2D eigenvalue weighted by molar-refractivity contribution is 5.94. The van der Waals surface area contributed by atoms with Crippen LogP contribution in [0.3, 0.4) is 0 Å². The second-order valence-corrected chi connectivity index (χ2v) is 3.43. The third kappa shape index (κ3) is 3.70. The molecule has 0 unspecified atom stereocenters. The minimum atomic E-state index is -0.843. The SMILES string of the molecule is Cc1nn(C)cc1CNCC(=O)NC(N)=O. The summed E-state index contributed by atoms with van der Waals surface area (Å²) >= 11 is 0. The lowest BCUT2D eigenvalue weighted by Gasteiger charge is -2.02. The largest absolute Gasteiger partial charge is 0.351 e. The lowest BCUT2D eigenvalue weighted by Crippen LogP contribution is -2.40. The second-order valence-electron chi connectivity index (χ2n) is 3.43. The minimum Gasteiger partial charge on any atom is -0.351 e. The number of primary amides is 1. The van der Waals surface area contributed by atoms with Crippen molar-refractivity contribution in [3.8, 4) is 0 Å². The number of rotatable bonds is 4. The average molecular weight is 225 g/mol. The average Bonchev–Trinajstić information content (AvgIpc) is 2.44. The van der Waals surface area contributed by atoms with Crippen LogP contribution in [0.4, 0.5) is 4.79 Å². The Morgan fingerprint density at radius 1 is 1.56 bits per heavy atom. The van der Waals surface area contributed by atoms with Crippen molar-refractivity contribution in [2.45, 2.75) is 13.5 Å². The molecule has 1 aromatic heterocycles. The van der Waals surface area contributed by atoms with Crippen molar-refractivity contribution >= 4 is 11.9 Å². The summed E-state index contributed by atoms with van der Waals surface area (Å²) < 4.78 is 1.70. The normalized spacial score (nSPS) is 10.1. The molecule has 0 fully saturated rings. The smallest absolute Gasteiger partial charge is 0.318 e. The highest BCUT2D eigenvalue weighted by Crippen LogP contribution is 2.03. The molecule has 88 valence electrons. The van der Waals surface area contributed by atoms with Gasteiger partial charge in [-0.15, -0.1) is 0 Å². The zero-order valence-corrected chi connectivity index (χ0v) is 9.28. The van der Waals surface area contributed by atoms with Crippen molar-refractivity contribution in [1.82, 2.24) is 20.4 Å². The number of nitrogens with zero attached hydrogens (tertiary/aromatic N) is 2. The van der Waals surface area contributed by atoms with E-state index in [0.717, 1.165) is 11.3 Å². The maximum atomic E-state index is 11.0. The number of hydrogen-bond donors (Lipinski definition) is 3. The molecule has 0 bridgehead atoms. The molecule has 7 heteroatoms. The van der Waals surface area contributed by atoms with E-state index < -0.39 is 11.9 Å². The second kappa shape index (κ2) is 5.26. The van der Waals surface area contributed by atoms with Crippen LogP contribution in [0.5, 0.6) is 0 Å². The van der Waals surface area contributed by atoms with Crippen molar-refractivity contribution < 1.29 is 9.59 Å². The lowest BCUT2D eigenvalue weighted by molar-refractivity contribution is -0.119. The van der Waals surface area contributed by atoms with E-state index in [1.54, 1.807) is 4.68 Å². The number of hydrogen-bond acceptors (Lipinski definition) is 4. The minimum absolute atomic E-state index is 0.0390. The summed E-state index contributed by atoms with van der Waals surface area (Å²) in [6.07, 6.45) is 1.87. The van der Waals surface area contributed by atoms with E-state index >= 15 is 0 Å². The summed E-state index contributed by atoms with van der Waals surface area (Å²) in [6.45, 7) is 2.45. The first-order valence-corrected chi connectivity index (χ1v) is 4.78. The molecule has 1 heterocycles. The number of imide groups is 1. The molecule has 0 atom stereocenters. The van der Waals surface area contributed by atoms with Crippen molar-refractivity contribution in [3.63, 3.8) is 0 Å². The van der Waals surface area contributed by atoms with Gasteiger partial charge in [-0.3, -0.25) is 14.8 Å². The van der Waals surface area contributed by atoms with Crippen LogP contribution in [0, 0.1) is 6.92 Å². The van der Waals surface area contributed by atoms with Gasteiger partial charge in [0.05, 0.1) is 12.2 Å². The predicted molar refractivity (Wildman–Crippen MR) is 57.4 cm³/mol. The van der Waals surface area contributed by atoms with Crippen LogP contribution in [0.2, 0.25) is 0 Å². The summed E-state index contributed by atoms with van der Waals surface area (Å²) in [5.74, 6) is -0.450. The van der Waals surface area contributed by atoms with Crippen LogP contribution >= 0.6 is 0 Å². The fraction of sp³-hybridized carbons (Fsp3) is 0.444. The summed E-state index contributed by atoms with van der Waals surface area (Å²) in [4.78, 5) is 21.4. The summed E-state index contributed by atoms with van der Waals surface area (Å²) in [7, 11) is 1.83. The molecule has 3 amide bonds. The molecule has 4 N–H and O–H groups in total. The molecule has 0 aliphatic rings. The van der Waals surface area contributed by atoms with Gasteiger partial charge < -0.3 is 11.1 Å². The Morgan fingerprint density at radius 2 is 2.25 bits per heavy atom. The molecule has 0 saturated heterocycles. The van der Waals surface area contributed by atoms with Gasteiger partial charge in [0.25, 0.3) is 0 Å². The van der Waals surface area contributed by atoms with E-state index in [0.29, 0.717) is 6.54 Å². The zero-order chi connectivity index (χ0) is 12.1. The van der Waals surface area contributed by atoms with Crippen LogP contribution in [-0.2, 0) is 18.4 Å². The predicted octanol–water partition coefficient (Wildman–Crippen LogP) is -0.987. The molecule has 1 rings (SSSR count). The Hall–Kier alpha value is -1.89. The third-order valence-electron chi connectivity index (χ3n) is 1.98. The molecular weight excluding hydrogens is 210 g/mol. The Morgan fingerprint density at radius 3 is 2.75 bits per heavy atom. The van der Waals surface area contributed by atoms with Crippen LogP contribution in [0.15, 0.2) is 6.20 Å². The van der Waals surface area contributed by atoms with E-state index in [9.17, 15) is 9.59 Å². The monoisotopic (exact) mass is 225 g/mol. The van der Waals surface area contributed by atoms with E-state index in [4.69, 9.17) is 5.73 Å². The van der Waals surface area contributed by atoms with E-state index in [-0.39, 0.29) is 6.54 Å². The number of nitrogens with one attached hydrogen (secondary N) is 2. The molecule has 16 heavy (non-hydrogen) atoms. The number of urea groups is 1. The summed E-state index contributed by atoms with van der Waals surface area (Å²) in [5, 5.41) is 9.01. The Labute approximate surface area is 93.0 Å². The fourth-order valence-corrected chi connectivity index (χ4v) is 1.31. The lowest BCUT2D eigenvalue weighted by atomic mass is 10.2. The molecule has 0 saturated carbocycles. The number of amides is 3. The standard InChI is InChI=1S/C9H15N5O2/c1-6-7(5-14(2)13-6)3-11-4-8(15)12-9(10)16/h5,11H,3-4H2,1-2H3,(H3,10,12,15,16). The van der Waals surface area contributed by atoms with Crippen LogP contribution in [0.25, 0.3) is 0 Å². The van der Waals surface area contributed by atoms with Crippen molar-refractivity contribution in [2.75, 3.05) is 6.54 Å². The van der Waals surface area contributed by atoms with Crippen LogP contribution in [0.1, 0.15) is 11.3 Å². The van der Waals surface area contributed by atoms with Gasteiger partial charge in [0.15, 0.2) is 0 Å². The topological polar surface area (TPSA) is 102 Å². The number of nitrogens with two attached hydrogens (primary N) is 1. The van der Waals surface area contributed by atoms with Gasteiger partial charge in [0, 0.05) is 25.4 Å². The first-order chi connectivity index (χ1) is 7.49. The van der Waals surface area contributed by atoms with E-state index in [1.165, 1.54) is 0 Å². The number of aryl methyl sites for hydroxylation is 2. The van der Waals surface area contributed by atoms with Crippen molar-refractivity contribution in [2.24, 2.45) is 12.8 Å². The molecule has 0 aliphatic heterocycles. The maximum absolute atomic E-state index is 11.0. The number of carbonyl (C=O) groups is 2. The first kappa shape index (κ1) is 12.2. The molecule has 0 aromatic carbocycles. The molecule has 0 spiro atoms. The maximum Gasteiger partial charge on any atom is 0.318 e.